The maximum absolute atomic E-state index is 13.6. The molecule has 0 fully saturated rings. The highest BCUT2D eigenvalue weighted by Gasteiger charge is 2.08. The first-order valence-electron chi connectivity index (χ1n) is 6.21. The van der Waals surface area contributed by atoms with E-state index in [0.717, 1.165) is 15.9 Å². The van der Waals surface area contributed by atoms with Crippen LogP contribution in [0, 0.1) is 12.7 Å². The summed E-state index contributed by atoms with van der Waals surface area (Å²) < 4.78 is 16.4. The minimum atomic E-state index is -0.204. The van der Waals surface area contributed by atoms with E-state index < -0.39 is 0 Å². The van der Waals surface area contributed by atoms with Gasteiger partial charge >= 0.3 is 0 Å². The average molecular weight is 326 g/mol. The number of aryl methyl sites for hydroxylation is 1. The van der Waals surface area contributed by atoms with Gasteiger partial charge in [-0.3, -0.25) is 4.68 Å². The molecule has 1 aromatic heterocycles. The minimum Gasteiger partial charge on any atom is -0.378 e. The summed E-state index contributed by atoms with van der Waals surface area (Å²) in [5, 5.41) is 7.64. The quantitative estimate of drug-likeness (QED) is 0.908. The van der Waals surface area contributed by atoms with Crippen molar-refractivity contribution in [3.8, 4) is 0 Å². The van der Waals surface area contributed by atoms with Gasteiger partial charge in [-0.15, -0.1) is 0 Å². The average Bonchev–Trinajstić information content (AvgIpc) is 2.72. The lowest BCUT2D eigenvalue weighted by Gasteiger charge is -2.07. The molecule has 0 atom stereocenters. The molecule has 3 nitrogen and oxygen atoms in total. The van der Waals surface area contributed by atoms with E-state index in [9.17, 15) is 4.39 Å². The number of rotatable bonds is 4. The Morgan fingerprint density at radius 1 is 1.42 bits per heavy atom. The van der Waals surface area contributed by atoms with Crippen LogP contribution in [-0.2, 0) is 6.54 Å². The van der Waals surface area contributed by atoms with Crippen molar-refractivity contribution >= 4 is 21.6 Å². The molecule has 0 aliphatic heterocycles. The van der Waals surface area contributed by atoms with Gasteiger partial charge in [0.2, 0.25) is 0 Å². The van der Waals surface area contributed by atoms with Gasteiger partial charge < -0.3 is 5.32 Å². The van der Waals surface area contributed by atoms with Gasteiger partial charge in [-0.1, -0.05) is 15.9 Å². The van der Waals surface area contributed by atoms with Crippen LogP contribution in [0.1, 0.15) is 31.1 Å². The van der Waals surface area contributed by atoms with Gasteiger partial charge in [0.1, 0.15) is 5.82 Å². The lowest BCUT2D eigenvalue weighted by molar-refractivity contribution is 0.529. The van der Waals surface area contributed by atoms with Gasteiger partial charge in [-0.25, -0.2) is 4.39 Å². The van der Waals surface area contributed by atoms with E-state index in [-0.39, 0.29) is 5.82 Å². The summed E-state index contributed by atoms with van der Waals surface area (Å²) in [6.07, 6.45) is 1.95. The van der Waals surface area contributed by atoms with Crippen LogP contribution in [0.15, 0.2) is 28.9 Å². The maximum atomic E-state index is 13.6. The van der Waals surface area contributed by atoms with Crippen molar-refractivity contribution in [2.75, 3.05) is 5.32 Å². The molecule has 0 unspecified atom stereocenters. The molecule has 0 amide bonds. The number of nitrogens with one attached hydrogen (secondary N) is 1. The van der Waals surface area contributed by atoms with Crippen molar-refractivity contribution in [1.82, 2.24) is 9.78 Å². The molecule has 0 aliphatic rings. The lowest BCUT2D eigenvalue weighted by atomic mass is 10.2. The molecule has 0 saturated carbocycles. The predicted molar refractivity (Wildman–Crippen MR) is 78.8 cm³/mol. The first-order chi connectivity index (χ1) is 8.97. The standard InChI is InChI=1S/C14H17BrFN3/c1-9(2)19-8-14(10(3)18-19)17-7-11-6-12(15)4-5-13(11)16/h4-6,8-9,17H,7H2,1-3H3. The van der Waals surface area contributed by atoms with Crippen molar-refractivity contribution in [2.45, 2.75) is 33.4 Å². The molecule has 0 spiro atoms. The topological polar surface area (TPSA) is 29.9 Å². The molecule has 2 aromatic rings. The molecule has 0 aliphatic carbocycles. The van der Waals surface area contributed by atoms with E-state index in [4.69, 9.17) is 0 Å². The van der Waals surface area contributed by atoms with Gasteiger partial charge in [0, 0.05) is 28.8 Å². The Kier molecular flexibility index (Phi) is 4.24. The molecule has 0 radical (unpaired) electrons. The first-order valence-corrected chi connectivity index (χ1v) is 7.00. The summed E-state index contributed by atoms with van der Waals surface area (Å²) in [6.45, 7) is 6.53. The number of nitrogens with zero attached hydrogens (tertiary/aromatic N) is 2. The van der Waals surface area contributed by atoms with Gasteiger partial charge in [0.25, 0.3) is 0 Å². The fraction of sp³-hybridized carbons (Fsp3) is 0.357. The monoisotopic (exact) mass is 325 g/mol. The number of halogens is 2. The Morgan fingerprint density at radius 3 is 2.79 bits per heavy atom. The van der Waals surface area contributed by atoms with Gasteiger partial charge in [-0.2, -0.15) is 5.10 Å². The molecular formula is C14H17BrFN3. The van der Waals surface area contributed by atoms with Crippen LogP contribution in [0.3, 0.4) is 0 Å². The zero-order valence-electron chi connectivity index (χ0n) is 11.2. The number of benzene rings is 1. The molecule has 19 heavy (non-hydrogen) atoms. The third-order valence-corrected chi connectivity index (χ3v) is 3.42. The molecule has 0 saturated heterocycles. The largest absolute Gasteiger partial charge is 0.378 e. The summed E-state index contributed by atoms with van der Waals surface area (Å²) in [6, 6.07) is 5.26. The zero-order chi connectivity index (χ0) is 14.0. The van der Waals surface area contributed by atoms with Crippen molar-refractivity contribution in [3.05, 3.63) is 45.9 Å². The lowest BCUT2D eigenvalue weighted by Crippen LogP contribution is -2.02. The molecule has 1 aromatic carbocycles. The number of hydrogen-bond acceptors (Lipinski definition) is 2. The van der Waals surface area contributed by atoms with E-state index in [1.54, 1.807) is 12.1 Å². The van der Waals surface area contributed by atoms with Crippen LogP contribution in [0.4, 0.5) is 10.1 Å². The Morgan fingerprint density at radius 2 is 2.16 bits per heavy atom. The molecule has 5 heteroatoms. The van der Waals surface area contributed by atoms with Gasteiger partial charge in [0.15, 0.2) is 0 Å². The van der Waals surface area contributed by atoms with Crippen LogP contribution in [0.5, 0.6) is 0 Å². The third-order valence-electron chi connectivity index (χ3n) is 2.92. The third kappa shape index (κ3) is 3.35. The Bertz CT molecular complexity index is 578. The fourth-order valence-corrected chi connectivity index (χ4v) is 2.20. The zero-order valence-corrected chi connectivity index (χ0v) is 12.8. The van der Waals surface area contributed by atoms with E-state index in [1.165, 1.54) is 6.07 Å². The predicted octanol–water partition coefficient (Wildman–Crippen LogP) is 4.29. The van der Waals surface area contributed by atoms with Crippen molar-refractivity contribution in [2.24, 2.45) is 0 Å². The summed E-state index contributed by atoms with van der Waals surface area (Å²) >= 11 is 3.35. The van der Waals surface area contributed by atoms with E-state index in [1.807, 2.05) is 17.8 Å². The second kappa shape index (κ2) is 5.74. The molecule has 0 bridgehead atoms. The Labute approximate surface area is 121 Å². The summed E-state index contributed by atoms with van der Waals surface area (Å²) in [5.41, 5.74) is 2.49. The van der Waals surface area contributed by atoms with Crippen molar-refractivity contribution in [3.63, 3.8) is 0 Å². The first kappa shape index (κ1) is 14.1. The van der Waals surface area contributed by atoms with Crippen LogP contribution < -0.4 is 5.32 Å². The highest BCUT2D eigenvalue weighted by Crippen LogP contribution is 2.19. The Hall–Kier alpha value is -1.36. The van der Waals surface area contributed by atoms with E-state index in [2.05, 4.69) is 40.2 Å². The van der Waals surface area contributed by atoms with Crippen LogP contribution >= 0.6 is 15.9 Å². The smallest absolute Gasteiger partial charge is 0.128 e. The van der Waals surface area contributed by atoms with Gasteiger partial charge in [0.05, 0.1) is 11.4 Å². The fourth-order valence-electron chi connectivity index (χ4n) is 1.79. The van der Waals surface area contributed by atoms with E-state index in [0.29, 0.717) is 18.2 Å². The molecule has 102 valence electrons. The highest BCUT2D eigenvalue weighted by molar-refractivity contribution is 9.10. The number of anilines is 1. The van der Waals surface area contributed by atoms with Crippen LogP contribution in [-0.4, -0.2) is 9.78 Å². The van der Waals surface area contributed by atoms with E-state index >= 15 is 0 Å². The van der Waals surface area contributed by atoms with Gasteiger partial charge in [-0.05, 0) is 39.0 Å². The summed E-state index contributed by atoms with van der Waals surface area (Å²) in [4.78, 5) is 0. The molecule has 2 rings (SSSR count). The number of aromatic nitrogens is 2. The molecule has 1 N–H and O–H groups in total. The second-order valence-electron chi connectivity index (χ2n) is 4.79. The summed E-state index contributed by atoms with van der Waals surface area (Å²) in [7, 11) is 0. The highest BCUT2D eigenvalue weighted by atomic mass is 79.9. The molecular weight excluding hydrogens is 309 g/mol. The number of hydrogen-bond donors (Lipinski definition) is 1. The maximum Gasteiger partial charge on any atom is 0.128 e. The van der Waals surface area contributed by atoms with Crippen LogP contribution in [0.2, 0.25) is 0 Å². The second-order valence-corrected chi connectivity index (χ2v) is 5.71. The van der Waals surface area contributed by atoms with Crippen molar-refractivity contribution in [1.29, 1.82) is 0 Å². The summed E-state index contributed by atoms with van der Waals surface area (Å²) in [5.74, 6) is -0.204. The van der Waals surface area contributed by atoms with Crippen molar-refractivity contribution < 1.29 is 4.39 Å². The molecule has 1 heterocycles. The Balaban J connectivity index is 2.12. The minimum absolute atomic E-state index is 0.204. The SMILES string of the molecule is Cc1nn(C(C)C)cc1NCc1cc(Br)ccc1F. The normalized spacial score (nSPS) is 11.1. The van der Waals surface area contributed by atoms with Crippen LogP contribution in [0.25, 0.3) is 0 Å².